The summed E-state index contributed by atoms with van der Waals surface area (Å²) in [6, 6.07) is 9.71. The zero-order valence-corrected chi connectivity index (χ0v) is 12.0. The Bertz CT molecular complexity index is 411. The predicted molar refractivity (Wildman–Crippen MR) is 76.5 cm³/mol. The third-order valence-corrected chi connectivity index (χ3v) is 3.34. The number of hydrogen-bond acceptors (Lipinski definition) is 4. The molecule has 5 nitrogen and oxygen atoms in total. The highest BCUT2D eigenvalue weighted by Crippen LogP contribution is 2.04. The zero-order chi connectivity index (χ0) is 14.2. The highest BCUT2D eigenvalue weighted by molar-refractivity contribution is 5.67. The smallest absolute Gasteiger partial charge is 0.410 e. The van der Waals surface area contributed by atoms with E-state index in [4.69, 9.17) is 9.47 Å². The van der Waals surface area contributed by atoms with Crippen LogP contribution in [0.3, 0.4) is 0 Å². The number of ether oxygens (including phenoxy) is 2. The number of hydrogen-bond donors (Lipinski definition) is 0. The van der Waals surface area contributed by atoms with E-state index in [-0.39, 0.29) is 6.09 Å². The van der Waals surface area contributed by atoms with Crippen molar-refractivity contribution in [3.63, 3.8) is 0 Å². The number of carbonyl (C=O) groups is 1. The maximum absolute atomic E-state index is 12.1. The maximum atomic E-state index is 12.1. The highest BCUT2D eigenvalue weighted by Gasteiger charge is 2.17. The number of nitrogens with zero attached hydrogens (tertiary/aromatic N) is 2. The summed E-state index contributed by atoms with van der Waals surface area (Å²) in [5, 5.41) is 0. The van der Waals surface area contributed by atoms with Crippen LogP contribution in [-0.2, 0) is 16.1 Å². The van der Waals surface area contributed by atoms with E-state index in [1.807, 2.05) is 37.4 Å². The van der Waals surface area contributed by atoms with Crippen molar-refractivity contribution >= 4 is 6.09 Å². The quantitative estimate of drug-likeness (QED) is 0.824. The lowest BCUT2D eigenvalue weighted by atomic mass is 10.2. The number of rotatable bonds is 2. The monoisotopic (exact) mass is 278 g/mol. The number of amides is 1. The van der Waals surface area contributed by atoms with Gasteiger partial charge in [0, 0.05) is 26.2 Å². The summed E-state index contributed by atoms with van der Waals surface area (Å²) in [6.07, 6.45) is -0.271. The van der Waals surface area contributed by atoms with Gasteiger partial charge in [-0.05, 0) is 12.6 Å². The van der Waals surface area contributed by atoms with E-state index in [1.54, 1.807) is 4.90 Å². The van der Waals surface area contributed by atoms with Crippen molar-refractivity contribution in [2.24, 2.45) is 0 Å². The molecule has 1 saturated heterocycles. The minimum Gasteiger partial charge on any atom is -0.445 e. The molecule has 0 aliphatic carbocycles. The standard InChI is InChI=1S/C15H22N2O3/c1-16-7-8-17(10-12-19-11-9-16)15(18)20-13-14-5-3-2-4-6-14/h2-6H,7-13H2,1H3. The van der Waals surface area contributed by atoms with Gasteiger partial charge in [0.05, 0.1) is 13.2 Å². The second kappa shape index (κ2) is 7.87. The summed E-state index contributed by atoms with van der Waals surface area (Å²) in [7, 11) is 2.03. The van der Waals surface area contributed by atoms with Crippen LogP contribution < -0.4 is 0 Å². The first-order valence-corrected chi connectivity index (χ1v) is 6.97. The third-order valence-electron chi connectivity index (χ3n) is 3.34. The summed E-state index contributed by atoms with van der Waals surface area (Å²) in [6.45, 7) is 4.58. The normalized spacial score (nSPS) is 17.9. The van der Waals surface area contributed by atoms with Gasteiger partial charge in [-0.2, -0.15) is 0 Å². The topological polar surface area (TPSA) is 42.0 Å². The van der Waals surface area contributed by atoms with E-state index in [2.05, 4.69) is 4.90 Å². The average molecular weight is 278 g/mol. The molecule has 0 bridgehead atoms. The van der Waals surface area contributed by atoms with E-state index in [1.165, 1.54) is 0 Å². The van der Waals surface area contributed by atoms with Crippen LogP contribution in [-0.4, -0.2) is 62.3 Å². The van der Waals surface area contributed by atoms with Crippen LogP contribution >= 0.6 is 0 Å². The molecule has 1 fully saturated rings. The molecule has 0 spiro atoms. The highest BCUT2D eigenvalue weighted by atomic mass is 16.6. The Morgan fingerprint density at radius 2 is 1.90 bits per heavy atom. The molecular formula is C15H22N2O3. The van der Waals surface area contributed by atoms with Crippen molar-refractivity contribution in [2.75, 3.05) is 46.4 Å². The molecule has 20 heavy (non-hydrogen) atoms. The molecule has 5 heteroatoms. The van der Waals surface area contributed by atoms with Gasteiger partial charge in [-0.25, -0.2) is 4.79 Å². The minimum absolute atomic E-state index is 0.271. The number of benzene rings is 1. The zero-order valence-electron chi connectivity index (χ0n) is 12.0. The summed E-state index contributed by atoms with van der Waals surface area (Å²) in [4.78, 5) is 16.0. The van der Waals surface area contributed by atoms with Gasteiger partial charge in [-0.3, -0.25) is 0 Å². The molecule has 1 aliphatic heterocycles. The van der Waals surface area contributed by atoms with Gasteiger partial charge in [0.25, 0.3) is 0 Å². The summed E-state index contributed by atoms with van der Waals surface area (Å²) in [5.41, 5.74) is 0.999. The Balaban J connectivity index is 1.83. The van der Waals surface area contributed by atoms with Crippen LogP contribution in [0.15, 0.2) is 30.3 Å². The molecule has 0 saturated carbocycles. The van der Waals surface area contributed by atoms with Crippen LogP contribution in [0.2, 0.25) is 0 Å². The molecule has 2 rings (SSSR count). The first-order chi connectivity index (χ1) is 9.75. The average Bonchev–Trinajstić information content (AvgIpc) is 2.58. The van der Waals surface area contributed by atoms with Crippen molar-refractivity contribution < 1.29 is 14.3 Å². The maximum Gasteiger partial charge on any atom is 0.410 e. The molecule has 0 N–H and O–H groups in total. The SMILES string of the molecule is CN1CCOCCN(C(=O)OCc2ccccc2)CC1. The van der Waals surface area contributed by atoms with Gasteiger partial charge < -0.3 is 19.3 Å². The van der Waals surface area contributed by atoms with Crippen molar-refractivity contribution in [3.8, 4) is 0 Å². The van der Waals surface area contributed by atoms with Crippen molar-refractivity contribution in [2.45, 2.75) is 6.61 Å². The van der Waals surface area contributed by atoms with Gasteiger partial charge in [-0.1, -0.05) is 30.3 Å². The molecule has 0 atom stereocenters. The predicted octanol–water partition coefficient (Wildman–Crippen LogP) is 1.59. The van der Waals surface area contributed by atoms with E-state index in [0.29, 0.717) is 32.9 Å². The summed E-state index contributed by atoms with van der Waals surface area (Å²) in [5.74, 6) is 0. The van der Waals surface area contributed by atoms with Gasteiger partial charge >= 0.3 is 6.09 Å². The van der Waals surface area contributed by atoms with Crippen molar-refractivity contribution in [3.05, 3.63) is 35.9 Å². The van der Waals surface area contributed by atoms with E-state index >= 15 is 0 Å². The molecule has 1 aromatic rings. The Kier molecular flexibility index (Phi) is 5.83. The Morgan fingerprint density at radius 1 is 1.15 bits per heavy atom. The Hall–Kier alpha value is -1.59. The van der Waals surface area contributed by atoms with E-state index in [9.17, 15) is 4.79 Å². The minimum atomic E-state index is -0.271. The summed E-state index contributed by atoms with van der Waals surface area (Å²) < 4.78 is 10.8. The second-order valence-corrected chi connectivity index (χ2v) is 4.94. The molecule has 1 aliphatic rings. The van der Waals surface area contributed by atoms with Crippen LogP contribution in [0, 0.1) is 0 Å². The van der Waals surface area contributed by atoms with Crippen molar-refractivity contribution in [1.29, 1.82) is 0 Å². The fraction of sp³-hybridized carbons (Fsp3) is 0.533. The lowest BCUT2D eigenvalue weighted by molar-refractivity contribution is 0.0780. The molecule has 0 aromatic heterocycles. The Morgan fingerprint density at radius 3 is 2.70 bits per heavy atom. The van der Waals surface area contributed by atoms with Crippen molar-refractivity contribution in [1.82, 2.24) is 9.80 Å². The van der Waals surface area contributed by atoms with Crippen LogP contribution in [0.1, 0.15) is 5.56 Å². The number of carbonyl (C=O) groups excluding carboxylic acids is 1. The lowest BCUT2D eigenvalue weighted by Crippen LogP contribution is -2.38. The lowest BCUT2D eigenvalue weighted by Gasteiger charge is -2.22. The number of likely N-dealkylation sites (N-methyl/N-ethyl adjacent to an activating group) is 1. The molecule has 0 unspecified atom stereocenters. The fourth-order valence-corrected chi connectivity index (χ4v) is 2.01. The largest absolute Gasteiger partial charge is 0.445 e. The molecule has 0 radical (unpaired) electrons. The molecule has 1 aromatic carbocycles. The van der Waals surface area contributed by atoms with E-state index < -0.39 is 0 Å². The van der Waals surface area contributed by atoms with Gasteiger partial charge in [-0.15, -0.1) is 0 Å². The fourth-order valence-electron chi connectivity index (χ4n) is 2.01. The van der Waals surface area contributed by atoms with Gasteiger partial charge in [0.2, 0.25) is 0 Å². The third kappa shape index (κ3) is 4.83. The van der Waals surface area contributed by atoms with Gasteiger partial charge in [0.1, 0.15) is 6.61 Å². The molecular weight excluding hydrogens is 256 g/mol. The van der Waals surface area contributed by atoms with Crippen LogP contribution in [0.5, 0.6) is 0 Å². The molecule has 1 heterocycles. The second-order valence-electron chi connectivity index (χ2n) is 4.94. The Labute approximate surface area is 120 Å². The summed E-state index contributed by atoms with van der Waals surface area (Å²) >= 11 is 0. The molecule has 110 valence electrons. The van der Waals surface area contributed by atoms with E-state index in [0.717, 1.165) is 18.7 Å². The van der Waals surface area contributed by atoms with Crippen LogP contribution in [0.4, 0.5) is 4.79 Å². The first-order valence-electron chi connectivity index (χ1n) is 6.97. The first kappa shape index (κ1) is 14.8. The van der Waals surface area contributed by atoms with Gasteiger partial charge in [0.15, 0.2) is 0 Å². The van der Waals surface area contributed by atoms with Crippen LogP contribution in [0.25, 0.3) is 0 Å². The molecule has 1 amide bonds.